The second-order valence-corrected chi connectivity index (χ2v) is 4.79. The Morgan fingerprint density at radius 3 is 2.59 bits per heavy atom. The third-order valence-electron chi connectivity index (χ3n) is 3.24. The van der Waals surface area contributed by atoms with Crippen LogP contribution in [0.1, 0.15) is 12.5 Å². The Kier molecular flexibility index (Phi) is 3.91. The fourth-order valence-corrected chi connectivity index (χ4v) is 2.06. The highest BCUT2D eigenvalue weighted by atomic mass is 19.1. The van der Waals surface area contributed by atoms with Gasteiger partial charge in [0.25, 0.3) is 0 Å². The minimum absolute atomic E-state index is 0.110. The number of ether oxygens (including phenoxy) is 2. The van der Waals surface area contributed by atoms with Crippen LogP contribution in [0.25, 0.3) is 0 Å². The van der Waals surface area contributed by atoms with E-state index < -0.39 is 11.6 Å². The Hall–Kier alpha value is -2.63. The molecule has 3 rings (SSSR count). The van der Waals surface area contributed by atoms with Crippen molar-refractivity contribution in [3.8, 4) is 11.5 Å². The molecule has 1 aliphatic rings. The van der Waals surface area contributed by atoms with Crippen LogP contribution in [0.3, 0.4) is 0 Å². The largest absolute Gasteiger partial charge is 0.486 e. The molecule has 2 aromatic carbocycles. The van der Waals surface area contributed by atoms with Crippen LogP contribution in [0.4, 0.5) is 14.5 Å². The number of hydrogen-bond acceptors (Lipinski definition) is 4. The zero-order valence-corrected chi connectivity index (χ0v) is 11.9. The van der Waals surface area contributed by atoms with Crippen molar-refractivity contribution in [3.63, 3.8) is 0 Å². The minimum atomic E-state index is -0.696. The summed E-state index contributed by atoms with van der Waals surface area (Å²) in [6, 6.07) is 8.73. The van der Waals surface area contributed by atoms with E-state index in [9.17, 15) is 8.78 Å². The summed E-state index contributed by atoms with van der Waals surface area (Å²) in [4.78, 5) is 0. The van der Waals surface area contributed by atoms with Crippen LogP contribution in [0, 0.1) is 11.6 Å². The molecule has 0 spiro atoms. The molecule has 0 aromatic heterocycles. The number of anilines is 1. The lowest BCUT2D eigenvalue weighted by Gasteiger charge is -2.18. The topological polar surface area (TPSA) is 42.9 Å². The van der Waals surface area contributed by atoms with Crippen molar-refractivity contribution in [1.82, 2.24) is 0 Å². The van der Waals surface area contributed by atoms with Crippen LogP contribution in [0.2, 0.25) is 0 Å². The maximum atomic E-state index is 13.5. The van der Waals surface area contributed by atoms with Gasteiger partial charge in [-0.2, -0.15) is 5.10 Å². The lowest BCUT2D eigenvalue weighted by molar-refractivity contribution is 0.171. The van der Waals surface area contributed by atoms with Crippen LogP contribution < -0.4 is 14.9 Å². The van der Waals surface area contributed by atoms with Crippen molar-refractivity contribution < 1.29 is 18.3 Å². The smallest absolute Gasteiger partial charge is 0.162 e. The third kappa shape index (κ3) is 3.00. The lowest BCUT2D eigenvalue weighted by Crippen LogP contribution is -2.15. The molecule has 0 bridgehead atoms. The average Bonchev–Trinajstić information content (AvgIpc) is 2.53. The molecular formula is C16H14F2N2O2. The van der Waals surface area contributed by atoms with Gasteiger partial charge in [-0.1, -0.05) is 0 Å². The van der Waals surface area contributed by atoms with Gasteiger partial charge >= 0.3 is 0 Å². The van der Waals surface area contributed by atoms with Crippen molar-refractivity contribution in [2.75, 3.05) is 18.6 Å². The molecule has 0 saturated carbocycles. The van der Waals surface area contributed by atoms with Gasteiger partial charge in [0.15, 0.2) is 17.3 Å². The molecule has 2 aromatic rings. The van der Waals surface area contributed by atoms with E-state index in [2.05, 4.69) is 10.5 Å². The molecule has 0 radical (unpaired) electrons. The first-order valence-corrected chi connectivity index (χ1v) is 6.79. The summed E-state index contributed by atoms with van der Waals surface area (Å²) in [7, 11) is 0. The highest BCUT2D eigenvalue weighted by Gasteiger charge is 2.12. The molecule has 22 heavy (non-hydrogen) atoms. The number of benzene rings is 2. The Morgan fingerprint density at radius 2 is 1.82 bits per heavy atom. The first kappa shape index (κ1) is 14.3. The molecule has 0 saturated heterocycles. The van der Waals surface area contributed by atoms with E-state index in [1.807, 2.05) is 12.1 Å². The summed E-state index contributed by atoms with van der Waals surface area (Å²) in [6.07, 6.45) is 0. The molecular weight excluding hydrogens is 290 g/mol. The SMILES string of the molecule is C/C(=N\Nc1ccc(F)cc1F)c1ccc2c(c1)OCCO2. The van der Waals surface area contributed by atoms with E-state index >= 15 is 0 Å². The summed E-state index contributed by atoms with van der Waals surface area (Å²) < 4.78 is 37.3. The molecule has 4 nitrogen and oxygen atoms in total. The van der Waals surface area contributed by atoms with Crippen molar-refractivity contribution >= 4 is 11.4 Å². The fourth-order valence-electron chi connectivity index (χ4n) is 2.06. The number of nitrogens with one attached hydrogen (secondary N) is 1. The van der Waals surface area contributed by atoms with E-state index in [0.29, 0.717) is 30.4 Å². The molecule has 0 aliphatic carbocycles. The maximum absolute atomic E-state index is 13.5. The Bertz CT molecular complexity index is 732. The Morgan fingerprint density at radius 1 is 1.05 bits per heavy atom. The lowest BCUT2D eigenvalue weighted by atomic mass is 10.1. The van der Waals surface area contributed by atoms with E-state index in [1.54, 1.807) is 13.0 Å². The van der Waals surface area contributed by atoms with Crippen molar-refractivity contribution in [2.45, 2.75) is 6.92 Å². The van der Waals surface area contributed by atoms with Crippen molar-refractivity contribution in [3.05, 3.63) is 53.6 Å². The van der Waals surface area contributed by atoms with Gasteiger partial charge in [0.1, 0.15) is 19.0 Å². The fraction of sp³-hybridized carbons (Fsp3) is 0.188. The highest BCUT2D eigenvalue weighted by molar-refractivity contribution is 5.99. The van der Waals surface area contributed by atoms with Crippen LogP contribution in [0.5, 0.6) is 11.5 Å². The van der Waals surface area contributed by atoms with Gasteiger partial charge < -0.3 is 9.47 Å². The molecule has 6 heteroatoms. The molecule has 0 atom stereocenters. The Labute approximate surface area is 126 Å². The second-order valence-electron chi connectivity index (χ2n) is 4.79. The van der Waals surface area contributed by atoms with Gasteiger partial charge in [-0.05, 0) is 37.3 Å². The number of fused-ring (bicyclic) bond motifs is 1. The molecule has 114 valence electrons. The number of hydrazone groups is 1. The van der Waals surface area contributed by atoms with Crippen LogP contribution in [-0.4, -0.2) is 18.9 Å². The zero-order valence-electron chi connectivity index (χ0n) is 11.9. The quantitative estimate of drug-likeness (QED) is 0.696. The van der Waals surface area contributed by atoms with E-state index in [0.717, 1.165) is 11.6 Å². The number of halogens is 2. The van der Waals surface area contributed by atoms with Gasteiger partial charge in [-0.3, -0.25) is 5.43 Å². The van der Waals surface area contributed by atoms with E-state index in [1.165, 1.54) is 12.1 Å². The number of hydrogen-bond donors (Lipinski definition) is 1. The monoisotopic (exact) mass is 304 g/mol. The van der Waals surface area contributed by atoms with Crippen LogP contribution in [0.15, 0.2) is 41.5 Å². The highest BCUT2D eigenvalue weighted by Crippen LogP contribution is 2.31. The standard InChI is InChI=1S/C16H14F2N2O2/c1-10(19-20-14-4-3-12(17)9-13(14)18)11-2-5-15-16(8-11)22-7-6-21-15/h2-5,8-9,20H,6-7H2,1H3/b19-10+. The summed E-state index contributed by atoms with van der Waals surface area (Å²) >= 11 is 0. The molecule has 1 N–H and O–H groups in total. The molecule has 1 aliphatic heterocycles. The van der Waals surface area contributed by atoms with Gasteiger partial charge in [0, 0.05) is 11.6 Å². The zero-order chi connectivity index (χ0) is 15.5. The summed E-state index contributed by atoms with van der Waals surface area (Å²) in [5.74, 6) is 0.0286. The van der Waals surface area contributed by atoms with Gasteiger partial charge in [-0.25, -0.2) is 8.78 Å². The molecule has 1 heterocycles. The first-order valence-electron chi connectivity index (χ1n) is 6.79. The normalized spacial score (nSPS) is 13.9. The van der Waals surface area contributed by atoms with Gasteiger partial charge in [0.2, 0.25) is 0 Å². The summed E-state index contributed by atoms with van der Waals surface area (Å²) in [5, 5.41) is 4.11. The van der Waals surface area contributed by atoms with Gasteiger partial charge in [0.05, 0.1) is 11.4 Å². The van der Waals surface area contributed by atoms with Gasteiger partial charge in [-0.15, -0.1) is 0 Å². The molecule has 0 unspecified atom stereocenters. The van der Waals surface area contributed by atoms with Crippen LogP contribution in [-0.2, 0) is 0 Å². The summed E-state index contributed by atoms with van der Waals surface area (Å²) in [5.41, 5.74) is 4.16. The number of nitrogens with zero attached hydrogens (tertiary/aromatic N) is 1. The van der Waals surface area contributed by atoms with E-state index in [4.69, 9.17) is 9.47 Å². The number of rotatable bonds is 3. The molecule has 0 amide bonds. The van der Waals surface area contributed by atoms with E-state index in [-0.39, 0.29) is 5.69 Å². The van der Waals surface area contributed by atoms with Crippen LogP contribution >= 0.6 is 0 Å². The van der Waals surface area contributed by atoms with Crippen molar-refractivity contribution in [2.24, 2.45) is 5.10 Å². The predicted octanol–water partition coefficient (Wildman–Crippen LogP) is 3.57. The molecule has 0 fully saturated rings. The summed E-state index contributed by atoms with van der Waals surface area (Å²) in [6.45, 7) is 2.82. The first-order chi connectivity index (χ1) is 10.6. The third-order valence-corrected chi connectivity index (χ3v) is 3.24. The predicted molar refractivity (Wildman–Crippen MR) is 79.6 cm³/mol. The maximum Gasteiger partial charge on any atom is 0.162 e. The van der Waals surface area contributed by atoms with Crippen molar-refractivity contribution in [1.29, 1.82) is 0 Å². The average molecular weight is 304 g/mol. The Balaban J connectivity index is 1.79. The second kappa shape index (κ2) is 6.01. The minimum Gasteiger partial charge on any atom is -0.486 e.